The van der Waals surface area contributed by atoms with Crippen LogP contribution in [0.2, 0.25) is 0 Å². The van der Waals surface area contributed by atoms with Crippen LogP contribution < -0.4 is 0 Å². The quantitative estimate of drug-likeness (QED) is 0.889. The number of aliphatic hydroxyl groups is 1. The molecule has 88 valence electrons. The molecule has 1 aliphatic heterocycles. The lowest BCUT2D eigenvalue weighted by molar-refractivity contribution is 0.0364. The Labute approximate surface area is 103 Å². The van der Waals surface area contributed by atoms with Gasteiger partial charge in [0.15, 0.2) is 0 Å². The van der Waals surface area contributed by atoms with Crippen molar-refractivity contribution in [2.45, 2.75) is 30.9 Å². The molecule has 1 N–H and O–H groups in total. The van der Waals surface area contributed by atoms with E-state index in [1.165, 1.54) is 12.8 Å². The van der Waals surface area contributed by atoms with Crippen LogP contribution in [-0.2, 0) is 12.6 Å². The van der Waals surface area contributed by atoms with Crippen LogP contribution >= 0.6 is 15.9 Å². The first-order valence-corrected chi connectivity index (χ1v) is 6.54. The molecule has 0 aromatic carbocycles. The van der Waals surface area contributed by atoms with E-state index in [0.29, 0.717) is 0 Å². The molecule has 1 aromatic heterocycles. The van der Waals surface area contributed by atoms with Crippen LogP contribution in [0.5, 0.6) is 0 Å². The molecule has 5 heteroatoms. The highest BCUT2D eigenvalue weighted by atomic mass is 79.9. The third-order valence-electron chi connectivity index (χ3n) is 3.68. The van der Waals surface area contributed by atoms with E-state index in [0.717, 1.165) is 35.7 Å². The lowest BCUT2D eigenvalue weighted by Crippen LogP contribution is -2.33. The SMILES string of the molecule is Cn1ncc(Br)c1C1(O)CCN(C2CC2)C1. The summed E-state index contributed by atoms with van der Waals surface area (Å²) in [7, 11) is 1.89. The smallest absolute Gasteiger partial charge is 0.121 e. The Kier molecular flexibility index (Phi) is 2.38. The monoisotopic (exact) mass is 285 g/mol. The van der Waals surface area contributed by atoms with Gasteiger partial charge in [-0.15, -0.1) is 0 Å². The second-order valence-electron chi connectivity index (χ2n) is 4.95. The Hall–Kier alpha value is -0.390. The van der Waals surface area contributed by atoms with Crippen molar-refractivity contribution in [2.24, 2.45) is 7.05 Å². The minimum absolute atomic E-state index is 0.723. The summed E-state index contributed by atoms with van der Waals surface area (Å²) < 4.78 is 2.69. The van der Waals surface area contributed by atoms with E-state index in [9.17, 15) is 5.11 Å². The minimum atomic E-state index is -0.729. The van der Waals surface area contributed by atoms with E-state index in [4.69, 9.17) is 0 Å². The van der Waals surface area contributed by atoms with Crippen LogP contribution in [0.25, 0.3) is 0 Å². The number of hydrogen-bond acceptors (Lipinski definition) is 3. The van der Waals surface area contributed by atoms with E-state index >= 15 is 0 Å². The Balaban J connectivity index is 1.88. The Morgan fingerprint density at radius 1 is 1.56 bits per heavy atom. The van der Waals surface area contributed by atoms with Crippen LogP contribution in [0.3, 0.4) is 0 Å². The molecule has 0 amide bonds. The zero-order valence-electron chi connectivity index (χ0n) is 9.36. The summed E-state index contributed by atoms with van der Waals surface area (Å²) in [5.74, 6) is 0. The number of aryl methyl sites for hydroxylation is 1. The number of nitrogens with zero attached hydrogens (tertiary/aromatic N) is 3. The Morgan fingerprint density at radius 2 is 2.31 bits per heavy atom. The van der Waals surface area contributed by atoms with Gasteiger partial charge < -0.3 is 5.11 Å². The molecule has 2 heterocycles. The van der Waals surface area contributed by atoms with Crippen molar-refractivity contribution in [3.63, 3.8) is 0 Å². The maximum Gasteiger partial charge on any atom is 0.121 e. The highest BCUT2D eigenvalue weighted by Crippen LogP contribution is 2.40. The standard InChI is InChI=1S/C11H16BrN3O/c1-14-10(9(12)6-13-14)11(16)4-5-15(7-11)8-2-3-8/h6,8,16H,2-5,7H2,1H3. The fourth-order valence-electron chi connectivity index (χ4n) is 2.70. The minimum Gasteiger partial charge on any atom is -0.382 e. The van der Waals surface area contributed by atoms with E-state index in [1.54, 1.807) is 10.9 Å². The molecular weight excluding hydrogens is 270 g/mol. The maximum absolute atomic E-state index is 10.7. The second kappa shape index (κ2) is 3.55. The summed E-state index contributed by atoms with van der Waals surface area (Å²) in [6, 6.07) is 0.723. The average Bonchev–Trinajstić information content (AvgIpc) is 2.93. The van der Waals surface area contributed by atoms with Crippen molar-refractivity contribution in [1.82, 2.24) is 14.7 Å². The largest absolute Gasteiger partial charge is 0.382 e. The zero-order chi connectivity index (χ0) is 11.3. The van der Waals surface area contributed by atoms with Gasteiger partial charge in [0.1, 0.15) is 5.60 Å². The fraction of sp³-hybridized carbons (Fsp3) is 0.727. The number of hydrogen-bond donors (Lipinski definition) is 1. The second-order valence-corrected chi connectivity index (χ2v) is 5.80. The molecule has 4 nitrogen and oxygen atoms in total. The predicted molar refractivity (Wildman–Crippen MR) is 64.0 cm³/mol. The van der Waals surface area contributed by atoms with Crippen molar-refractivity contribution in [3.05, 3.63) is 16.4 Å². The topological polar surface area (TPSA) is 41.3 Å². The third kappa shape index (κ3) is 1.61. The summed E-state index contributed by atoms with van der Waals surface area (Å²) in [6.07, 6.45) is 5.15. The molecule has 3 rings (SSSR count). The van der Waals surface area contributed by atoms with Gasteiger partial charge >= 0.3 is 0 Å². The van der Waals surface area contributed by atoms with Crippen molar-refractivity contribution in [3.8, 4) is 0 Å². The summed E-state index contributed by atoms with van der Waals surface area (Å²) in [6.45, 7) is 1.74. The highest BCUT2D eigenvalue weighted by molar-refractivity contribution is 9.10. The fourth-order valence-corrected chi connectivity index (χ4v) is 3.42. The van der Waals surface area contributed by atoms with E-state index in [2.05, 4.69) is 25.9 Å². The predicted octanol–water partition coefficient (Wildman–Crippen LogP) is 1.24. The first kappa shape index (κ1) is 10.7. The summed E-state index contributed by atoms with van der Waals surface area (Å²) >= 11 is 3.47. The average molecular weight is 286 g/mol. The molecule has 1 aromatic rings. The summed E-state index contributed by atoms with van der Waals surface area (Å²) in [5.41, 5.74) is 0.183. The lowest BCUT2D eigenvalue weighted by atomic mass is 9.99. The van der Waals surface area contributed by atoms with E-state index in [1.807, 2.05) is 7.05 Å². The van der Waals surface area contributed by atoms with Gasteiger partial charge in [0.2, 0.25) is 0 Å². The number of β-amino-alcohol motifs (C(OH)–C–C–N with tert-alkyl or cyclic N) is 1. The van der Waals surface area contributed by atoms with Crippen molar-refractivity contribution in [2.75, 3.05) is 13.1 Å². The molecule has 16 heavy (non-hydrogen) atoms. The third-order valence-corrected chi connectivity index (χ3v) is 4.26. The van der Waals surface area contributed by atoms with Gasteiger partial charge in [-0.3, -0.25) is 9.58 Å². The van der Waals surface area contributed by atoms with E-state index < -0.39 is 5.60 Å². The van der Waals surface area contributed by atoms with Crippen LogP contribution in [0, 0.1) is 0 Å². The molecule has 1 saturated heterocycles. The van der Waals surface area contributed by atoms with Crippen molar-refractivity contribution >= 4 is 15.9 Å². The molecule has 1 saturated carbocycles. The number of halogens is 1. The van der Waals surface area contributed by atoms with Crippen molar-refractivity contribution < 1.29 is 5.11 Å². The molecule has 2 aliphatic rings. The van der Waals surface area contributed by atoms with Crippen molar-refractivity contribution in [1.29, 1.82) is 0 Å². The number of aromatic nitrogens is 2. The Bertz CT molecular complexity index is 396. The first-order chi connectivity index (χ1) is 7.60. The van der Waals surface area contributed by atoms with Crippen LogP contribution in [0.15, 0.2) is 10.7 Å². The summed E-state index contributed by atoms with van der Waals surface area (Å²) in [5, 5.41) is 14.9. The zero-order valence-corrected chi connectivity index (χ0v) is 10.9. The molecule has 0 bridgehead atoms. The molecule has 1 unspecified atom stereocenters. The number of likely N-dealkylation sites (tertiary alicyclic amines) is 1. The molecule has 0 spiro atoms. The molecular formula is C11H16BrN3O. The lowest BCUT2D eigenvalue weighted by Gasteiger charge is -2.24. The van der Waals surface area contributed by atoms with Gasteiger partial charge in [-0.05, 0) is 35.2 Å². The maximum atomic E-state index is 10.7. The van der Waals surface area contributed by atoms with Gasteiger partial charge in [0, 0.05) is 26.2 Å². The Morgan fingerprint density at radius 3 is 2.88 bits per heavy atom. The molecule has 2 fully saturated rings. The summed E-state index contributed by atoms with van der Waals surface area (Å²) in [4.78, 5) is 2.40. The molecule has 1 aliphatic carbocycles. The van der Waals surface area contributed by atoms with Gasteiger partial charge in [0.05, 0.1) is 16.4 Å². The van der Waals surface area contributed by atoms with Gasteiger partial charge in [-0.1, -0.05) is 0 Å². The van der Waals surface area contributed by atoms with Crippen LogP contribution in [-0.4, -0.2) is 38.9 Å². The first-order valence-electron chi connectivity index (χ1n) is 5.74. The van der Waals surface area contributed by atoms with E-state index in [-0.39, 0.29) is 0 Å². The molecule has 0 radical (unpaired) electrons. The number of rotatable bonds is 2. The molecule has 1 atom stereocenters. The highest BCUT2D eigenvalue weighted by Gasteiger charge is 2.45. The van der Waals surface area contributed by atoms with Gasteiger partial charge in [-0.2, -0.15) is 5.10 Å². The van der Waals surface area contributed by atoms with Gasteiger partial charge in [-0.25, -0.2) is 0 Å². The van der Waals surface area contributed by atoms with Crippen LogP contribution in [0.4, 0.5) is 0 Å². The van der Waals surface area contributed by atoms with Crippen LogP contribution in [0.1, 0.15) is 25.0 Å². The van der Waals surface area contributed by atoms with Gasteiger partial charge in [0.25, 0.3) is 0 Å². The normalized spacial score (nSPS) is 31.2.